The number of nitrogens with zero attached hydrogens (tertiary/aromatic N) is 5. The van der Waals surface area contributed by atoms with Crippen molar-refractivity contribution in [2.45, 2.75) is 25.1 Å². The number of aromatic nitrogens is 2. The number of piperidine rings is 1. The van der Waals surface area contributed by atoms with E-state index in [1.165, 1.54) is 17.1 Å². The van der Waals surface area contributed by atoms with Crippen LogP contribution in [0.15, 0.2) is 66.9 Å². The maximum Gasteiger partial charge on any atom is 0.213 e. The molecule has 2 aliphatic rings. The molecule has 0 saturated carbocycles. The molecular formula is C28H30FN5O. The monoisotopic (exact) mass is 471 g/mol. The lowest BCUT2D eigenvalue weighted by molar-refractivity contribution is 0.0347. The number of benzene rings is 2. The molecule has 0 spiro atoms. The Bertz CT molecular complexity index is 1330. The third-order valence-electron chi connectivity index (χ3n) is 7.55. The first kappa shape index (κ1) is 22.2. The van der Waals surface area contributed by atoms with Crippen LogP contribution in [0.2, 0.25) is 0 Å². The van der Waals surface area contributed by atoms with Crippen LogP contribution in [0, 0.1) is 5.95 Å². The maximum absolute atomic E-state index is 13.9. The van der Waals surface area contributed by atoms with E-state index in [4.69, 9.17) is 4.74 Å². The average Bonchev–Trinajstić information content (AvgIpc) is 2.92. The number of anilines is 2. The topological polar surface area (TPSA) is 44.7 Å². The fraction of sp³-hybridized carbons (Fsp3) is 0.357. The molecule has 0 aliphatic carbocycles. The lowest BCUT2D eigenvalue weighted by atomic mass is 9.99. The summed E-state index contributed by atoms with van der Waals surface area (Å²) in [5.41, 5.74) is 3.95. The summed E-state index contributed by atoms with van der Waals surface area (Å²) >= 11 is 0. The van der Waals surface area contributed by atoms with Crippen LogP contribution in [0.1, 0.15) is 12.8 Å². The highest BCUT2D eigenvalue weighted by atomic mass is 19.1. The Morgan fingerprint density at radius 1 is 0.829 bits per heavy atom. The maximum atomic E-state index is 13.9. The Hall–Kier alpha value is -3.29. The number of fused-ring (bicyclic) bond motifs is 2. The molecule has 35 heavy (non-hydrogen) atoms. The second-order valence-corrected chi connectivity index (χ2v) is 9.42. The van der Waals surface area contributed by atoms with Crippen molar-refractivity contribution in [2.75, 3.05) is 49.6 Å². The van der Waals surface area contributed by atoms with Crippen LogP contribution >= 0.6 is 0 Å². The fourth-order valence-corrected chi connectivity index (χ4v) is 5.75. The SMILES string of the molecule is COC1CC(N2CCN(c3cccc4cccnc34)CC2)CCN1c1cccc2ccc(F)nc12. The van der Waals surface area contributed by atoms with Crippen LogP contribution in [-0.4, -0.2) is 67.0 Å². The molecule has 2 unspecified atom stereocenters. The molecule has 4 heterocycles. The Labute approximate surface area is 204 Å². The Morgan fingerprint density at radius 2 is 1.57 bits per heavy atom. The molecule has 180 valence electrons. The third kappa shape index (κ3) is 4.19. The van der Waals surface area contributed by atoms with Gasteiger partial charge in [-0.25, -0.2) is 4.98 Å². The van der Waals surface area contributed by atoms with Crippen molar-refractivity contribution in [3.05, 3.63) is 72.8 Å². The molecule has 2 saturated heterocycles. The van der Waals surface area contributed by atoms with Crippen molar-refractivity contribution in [2.24, 2.45) is 0 Å². The van der Waals surface area contributed by atoms with Gasteiger partial charge in [-0.15, -0.1) is 0 Å². The third-order valence-corrected chi connectivity index (χ3v) is 7.55. The normalized spacial score (nSPS) is 21.7. The smallest absolute Gasteiger partial charge is 0.213 e. The van der Waals surface area contributed by atoms with E-state index in [2.05, 4.69) is 48.9 Å². The lowest BCUT2D eigenvalue weighted by Crippen LogP contribution is -2.56. The van der Waals surface area contributed by atoms with Gasteiger partial charge in [0.15, 0.2) is 0 Å². The highest BCUT2D eigenvalue weighted by molar-refractivity contribution is 5.91. The molecule has 0 amide bonds. The summed E-state index contributed by atoms with van der Waals surface area (Å²) in [4.78, 5) is 16.2. The minimum atomic E-state index is -0.451. The molecule has 2 aromatic carbocycles. The number of ether oxygens (including phenoxy) is 1. The molecule has 0 N–H and O–H groups in total. The van der Waals surface area contributed by atoms with Crippen LogP contribution < -0.4 is 9.80 Å². The summed E-state index contributed by atoms with van der Waals surface area (Å²) in [7, 11) is 1.77. The Morgan fingerprint density at radius 3 is 2.37 bits per heavy atom. The van der Waals surface area contributed by atoms with Crippen molar-refractivity contribution in [1.29, 1.82) is 0 Å². The van der Waals surface area contributed by atoms with Crippen LogP contribution in [0.3, 0.4) is 0 Å². The number of hydrogen-bond donors (Lipinski definition) is 0. The lowest BCUT2D eigenvalue weighted by Gasteiger charge is -2.46. The summed E-state index contributed by atoms with van der Waals surface area (Å²) in [6.45, 7) is 4.87. The molecule has 4 aromatic rings. The standard InChI is InChI=1S/C28H30FN5O/c1-35-26-19-22(12-14-34(26)24-9-3-6-21-10-11-25(29)31-28(21)24)32-15-17-33(18-16-32)23-8-2-5-20-7-4-13-30-27(20)23/h2-11,13,22,26H,12,14-19H2,1H3. The van der Waals surface area contributed by atoms with Crippen molar-refractivity contribution in [3.63, 3.8) is 0 Å². The number of pyridine rings is 2. The highest BCUT2D eigenvalue weighted by Gasteiger charge is 2.34. The quantitative estimate of drug-likeness (QED) is 0.403. The average molecular weight is 472 g/mol. The first-order valence-electron chi connectivity index (χ1n) is 12.4. The summed E-state index contributed by atoms with van der Waals surface area (Å²) in [5, 5.41) is 2.13. The van der Waals surface area contributed by atoms with Gasteiger partial charge in [0.05, 0.1) is 22.4 Å². The second-order valence-electron chi connectivity index (χ2n) is 9.42. The fourth-order valence-electron chi connectivity index (χ4n) is 5.75. The van der Waals surface area contributed by atoms with Crippen molar-refractivity contribution in [1.82, 2.24) is 14.9 Å². The first-order chi connectivity index (χ1) is 17.2. The van der Waals surface area contributed by atoms with Gasteiger partial charge in [-0.3, -0.25) is 9.88 Å². The summed E-state index contributed by atoms with van der Waals surface area (Å²) in [5.74, 6) is -0.451. The number of rotatable bonds is 4. The summed E-state index contributed by atoms with van der Waals surface area (Å²) in [6.07, 6.45) is 3.77. The minimum Gasteiger partial charge on any atom is -0.367 e. The zero-order valence-electron chi connectivity index (χ0n) is 20.0. The molecular weight excluding hydrogens is 441 g/mol. The minimum absolute atomic E-state index is 0.0651. The van der Waals surface area contributed by atoms with E-state index in [1.807, 2.05) is 30.5 Å². The first-order valence-corrected chi connectivity index (χ1v) is 12.4. The number of hydrogen-bond acceptors (Lipinski definition) is 6. The Balaban J connectivity index is 1.16. The molecule has 2 aliphatic heterocycles. The Kier molecular flexibility index (Phi) is 5.96. The molecule has 7 heteroatoms. The van der Waals surface area contributed by atoms with Gasteiger partial charge in [0.2, 0.25) is 5.95 Å². The number of para-hydroxylation sites is 2. The van der Waals surface area contributed by atoms with Gasteiger partial charge >= 0.3 is 0 Å². The van der Waals surface area contributed by atoms with E-state index < -0.39 is 5.95 Å². The van der Waals surface area contributed by atoms with E-state index in [1.54, 1.807) is 13.2 Å². The zero-order valence-corrected chi connectivity index (χ0v) is 20.0. The molecule has 0 bridgehead atoms. The van der Waals surface area contributed by atoms with E-state index in [0.717, 1.165) is 62.2 Å². The van der Waals surface area contributed by atoms with Crippen LogP contribution in [0.5, 0.6) is 0 Å². The van der Waals surface area contributed by atoms with E-state index in [0.29, 0.717) is 11.6 Å². The van der Waals surface area contributed by atoms with Gasteiger partial charge in [-0.05, 0) is 36.8 Å². The van der Waals surface area contributed by atoms with Gasteiger partial charge in [0, 0.05) is 69.3 Å². The second kappa shape index (κ2) is 9.40. The van der Waals surface area contributed by atoms with Crippen molar-refractivity contribution < 1.29 is 9.13 Å². The number of piperazine rings is 1. The number of halogens is 1. The van der Waals surface area contributed by atoms with E-state index >= 15 is 0 Å². The van der Waals surface area contributed by atoms with E-state index in [9.17, 15) is 4.39 Å². The van der Waals surface area contributed by atoms with Crippen molar-refractivity contribution >= 4 is 33.2 Å². The molecule has 6 nitrogen and oxygen atoms in total. The largest absolute Gasteiger partial charge is 0.367 e. The highest BCUT2D eigenvalue weighted by Crippen LogP contribution is 2.33. The van der Waals surface area contributed by atoms with Gasteiger partial charge in [-0.1, -0.05) is 30.3 Å². The van der Waals surface area contributed by atoms with Gasteiger partial charge in [-0.2, -0.15) is 4.39 Å². The molecule has 0 radical (unpaired) electrons. The van der Waals surface area contributed by atoms with Gasteiger partial charge < -0.3 is 14.5 Å². The molecule has 2 aromatic heterocycles. The molecule has 2 fully saturated rings. The van der Waals surface area contributed by atoms with Crippen molar-refractivity contribution in [3.8, 4) is 0 Å². The zero-order chi connectivity index (χ0) is 23.8. The van der Waals surface area contributed by atoms with Crippen LogP contribution in [0.4, 0.5) is 15.8 Å². The van der Waals surface area contributed by atoms with Crippen LogP contribution in [0.25, 0.3) is 21.8 Å². The number of methoxy groups -OCH3 is 1. The summed E-state index contributed by atoms with van der Waals surface area (Å²) in [6, 6.07) is 20.2. The molecule has 6 rings (SSSR count). The van der Waals surface area contributed by atoms with Crippen LogP contribution in [-0.2, 0) is 4.74 Å². The molecule has 2 atom stereocenters. The van der Waals surface area contributed by atoms with E-state index in [-0.39, 0.29) is 6.23 Å². The van der Waals surface area contributed by atoms with Gasteiger partial charge in [0.1, 0.15) is 6.23 Å². The predicted molar refractivity (Wildman–Crippen MR) is 138 cm³/mol. The van der Waals surface area contributed by atoms with Gasteiger partial charge in [0.25, 0.3) is 0 Å². The summed E-state index contributed by atoms with van der Waals surface area (Å²) < 4.78 is 19.9. The predicted octanol–water partition coefficient (Wildman–Crippen LogP) is 4.69.